The highest BCUT2D eigenvalue weighted by molar-refractivity contribution is 5.74. The van der Waals surface area contributed by atoms with Gasteiger partial charge >= 0.3 is 0 Å². The highest BCUT2D eigenvalue weighted by Crippen LogP contribution is 2.37. The summed E-state index contributed by atoms with van der Waals surface area (Å²) in [6.45, 7) is 2.87. The SMILES string of the molecule is N#Cc1ccc(N2CC3CCN(c4nc5ccccc5o4)C3C2)nc1. The first kappa shape index (κ1) is 14.3. The zero-order valence-electron chi connectivity index (χ0n) is 13.7. The Bertz CT molecular complexity index is 925. The molecular weight excluding hydrogens is 314 g/mol. The number of hydrogen-bond donors (Lipinski definition) is 0. The second-order valence-corrected chi connectivity index (χ2v) is 6.70. The van der Waals surface area contributed by atoms with E-state index >= 15 is 0 Å². The highest BCUT2D eigenvalue weighted by atomic mass is 16.4. The molecule has 2 fully saturated rings. The van der Waals surface area contributed by atoms with Crippen LogP contribution in [0.4, 0.5) is 11.8 Å². The van der Waals surface area contributed by atoms with E-state index in [1.807, 2.05) is 36.4 Å². The van der Waals surface area contributed by atoms with Crippen LogP contribution in [0.15, 0.2) is 47.0 Å². The molecule has 2 unspecified atom stereocenters. The topological polar surface area (TPSA) is 69.2 Å². The standard InChI is InChI=1S/C19H17N5O/c20-9-13-5-6-18(21-10-13)23-11-14-7-8-24(16(14)12-23)19-22-15-3-1-2-4-17(15)25-19/h1-6,10,14,16H,7-8,11-12H2. The summed E-state index contributed by atoms with van der Waals surface area (Å²) in [6, 6.07) is 14.9. The molecule has 124 valence electrons. The van der Waals surface area contributed by atoms with Crippen molar-refractivity contribution < 1.29 is 4.42 Å². The number of anilines is 2. The Balaban J connectivity index is 1.39. The molecule has 0 radical (unpaired) electrons. The van der Waals surface area contributed by atoms with Gasteiger partial charge in [0.25, 0.3) is 6.01 Å². The van der Waals surface area contributed by atoms with Crippen LogP contribution < -0.4 is 9.80 Å². The number of benzene rings is 1. The maximum absolute atomic E-state index is 8.92. The van der Waals surface area contributed by atoms with Gasteiger partial charge in [-0.25, -0.2) is 4.98 Å². The van der Waals surface area contributed by atoms with Gasteiger partial charge in [-0.15, -0.1) is 0 Å². The minimum Gasteiger partial charge on any atom is -0.423 e. The van der Waals surface area contributed by atoms with Crippen LogP contribution >= 0.6 is 0 Å². The van der Waals surface area contributed by atoms with Gasteiger partial charge in [0.05, 0.1) is 11.6 Å². The summed E-state index contributed by atoms with van der Waals surface area (Å²) < 4.78 is 5.98. The molecule has 0 bridgehead atoms. The second kappa shape index (κ2) is 5.49. The molecule has 0 saturated carbocycles. The lowest BCUT2D eigenvalue weighted by molar-refractivity contribution is 0.534. The molecule has 25 heavy (non-hydrogen) atoms. The van der Waals surface area contributed by atoms with Crippen molar-refractivity contribution >= 4 is 22.9 Å². The van der Waals surface area contributed by atoms with Crippen LogP contribution in [-0.2, 0) is 0 Å². The predicted molar refractivity (Wildman–Crippen MR) is 94.4 cm³/mol. The monoisotopic (exact) mass is 331 g/mol. The van der Waals surface area contributed by atoms with Crippen LogP contribution in [0.25, 0.3) is 11.1 Å². The largest absolute Gasteiger partial charge is 0.423 e. The van der Waals surface area contributed by atoms with Crippen molar-refractivity contribution in [2.24, 2.45) is 5.92 Å². The molecular formula is C19H17N5O. The van der Waals surface area contributed by atoms with Crippen LogP contribution in [0.5, 0.6) is 0 Å². The molecule has 1 aromatic carbocycles. The Hall–Kier alpha value is -3.07. The van der Waals surface area contributed by atoms with E-state index in [1.165, 1.54) is 0 Å². The number of pyridine rings is 1. The van der Waals surface area contributed by atoms with Crippen LogP contribution in [0, 0.1) is 17.2 Å². The van der Waals surface area contributed by atoms with E-state index in [2.05, 4.69) is 25.8 Å². The molecule has 0 aliphatic carbocycles. The van der Waals surface area contributed by atoms with Crippen LogP contribution in [-0.4, -0.2) is 35.6 Å². The maximum Gasteiger partial charge on any atom is 0.298 e. The summed E-state index contributed by atoms with van der Waals surface area (Å²) in [5, 5.41) is 8.92. The fourth-order valence-corrected chi connectivity index (χ4v) is 4.01. The maximum atomic E-state index is 8.92. The number of oxazole rings is 1. The van der Waals surface area contributed by atoms with E-state index in [0.29, 0.717) is 17.5 Å². The lowest BCUT2D eigenvalue weighted by atomic mass is 10.1. The smallest absolute Gasteiger partial charge is 0.298 e. The third kappa shape index (κ3) is 2.31. The van der Waals surface area contributed by atoms with Crippen LogP contribution in [0.2, 0.25) is 0 Å². The van der Waals surface area contributed by atoms with Gasteiger partial charge in [0.2, 0.25) is 0 Å². The van der Waals surface area contributed by atoms with Gasteiger partial charge < -0.3 is 14.2 Å². The summed E-state index contributed by atoms with van der Waals surface area (Å²) in [7, 11) is 0. The fraction of sp³-hybridized carbons (Fsp3) is 0.316. The van der Waals surface area contributed by atoms with E-state index in [0.717, 1.165) is 49.0 Å². The van der Waals surface area contributed by atoms with Gasteiger partial charge in [0, 0.05) is 31.7 Å². The minimum absolute atomic E-state index is 0.394. The van der Waals surface area contributed by atoms with Crippen molar-refractivity contribution in [3.05, 3.63) is 48.2 Å². The van der Waals surface area contributed by atoms with Crippen molar-refractivity contribution in [2.45, 2.75) is 12.5 Å². The van der Waals surface area contributed by atoms with Gasteiger partial charge in [-0.3, -0.25) is 0 Å². The number of hydrogen-bond acceptors (Lipinski definition) is 6. The average molecular weight is 331 g/mol. The van der Waals surface area contributed by atoms with Gasteiger partial charge in [0.1, 0.15) is 17.4 Å². The number of fused-ring (bicyclic) bond motifs is 2. The summed E-state index contributed by atoms with van der Waals surface area (Å²) in [6.07, 6.45) is 2.78. The van der Waals surface area contributed by atoms with Gasteiger partial charge in [-0.2, -0.15) is 10.2 Å². The van der Waals surface area contributed by atoms with Crippen molar-refractivity contribution in [1.29, 1.82) is 5.26 Å². The summed E-state index contributed by atoms with van der Waals surface area (Å²) >= 11 is 0. The first-order valence-electron chi connectivity index (χ1n) is 8.55. The molecule has 4 heterocycles. The zero-order valence-corrected chi connectivity index (χ0v) is 13.7. The Labute approximate surface area is 145 Å². The zero-order chi connectivity index (χ0) is 16.8. The molecule has 0 amide bonds. The highest BCUT2D eigenvalue weighted by Gasteiger charge is 2.43. The van der Waals surface area contributed by atoms with Crippen molar-refractivity contribution in [3.8, 4) is 6.07 Å². The Morgan fingerprint density at radius 3 is 2.88 bits per heavy atom. The molecule has 0 N–H and O–H groups in total. The summed E-state index contributed by atoms with van der Waals surface area (Å²) in [5.41, 5.74) is 2.34. The van der Waals surface area contributed by atoms with Gasteiger partial charge in [-0.05, 0) is 30.7 Å². The minimum atomic E-state index is 0.394. The lowest BCUT2D eigenvalue weighted by Gasteiger charge is -2.23. The quantitative estimate of drug-likeness (QED) is 0.719. The lowest BCUT2D eigenvalue weighted by Crippen LogP contribution is -2.35. The van der Waals surface area contributed by atoms with Crippen molar-refractivity contribution in [2.75, 3.05) is 29.4 Å². The molecule has 6 heteroatoms. The molecule has 2 aliphatic rings. The Morgan fingerprint density at radius 2 is 2.08 bits per heavy atom. The van der Waals surface area contributed by atoms with E-state index in [4.69, 9.17) is 9.68 Å². The fourth-order valence-electron chi connectivity index (χ4n) is 4.01. The summed E-state index contributed by atoms with van der Waals surface area (Å²) in [4.78, 5) is 13.7. The predicted octanol–water partition coefficient (Wildman–Crippen LogP) is 2.81. The van der Waals surface area contributed by atoms with Gasteiger partial charge in [-0.1, -0.05) is 12.1 Å². The normalized spacial score (nSPS) is 22.4. The number of nitrogens with zero attached hydrogens (tertiary/aromatic N) is 5. The van der Waals surface area contributed by atoms with Crippen molar-refractivity contribution in [1.82, 2.24) is 9.97 Å². The number of rotatable bonds is 2. The van der Waals surface area contributed by atoms with Crippen LogP contribution in [0.1, 0.15) is 12.0 Å². The first-order chi connectivity index (χ1) is 12.3. The molecule has 3 aromatic rings. The molecule has 2 atom stereocenters. The summed E-state index contributed by atoms with van der Waals surface area (Å²) in [5.74, 6) is 1.53. The number of nitriles is 1. The molecule has 6 nitrogen and oxygen atoms in total. The molecule has 5 rings (SSSR count). The number of para-hydroxylation sites is 2. The van der Waals surface area contributed by atoms with Gasteiger partial charge in [0.15, 0.2) is 5.58 Å². The van der Waals surface area contributed by atoms with E-state index < -0.39 is 0 Å². The number of aromatic nitrogens is 2. The van der Waals surface area contributed by atoms with E-state index in [-0.39, 0.29) is 0 Å². The average Bonchev–Trinajstić information content (AvgIpc) is 3.34. The van der Waals surface area contributed by atoms with E-state index in [1.54, 1.807) is 6.20 Å². The van der Waals surface area contributed by atoms with Crippen LogP contribution in [0.3, 0.4) is 0 Å². The van der Waals surface area contributed by atoms with E-state index in [9.17, 15) is 0 Å². The third-order valence-electron chi connectivity index (χ3n) is 5.28. The molecule has 2 aliphatic heterocycles. The third-order valence-corrected chi connectivity index (χ3v) is 5.28. The Kier molecular flexibility index (Phi) is 3.14. The molecule has 2 aromatic heterocycles. The first-order valence-corrected chi connectivity index (χ1v) is 8.55. The molecule has 0 spiro atoms. The Morgan fingerprint density at radius 1 is 1.16 bits per heavy atom. The van der Waals surface area contributed by atoms with Crippen molar-refractivity contribution in [3.63, 3.8) is 0 Å². The second-order valence-electron chi connectivity index (χ2n) is 6.70. The molecule has 2 saturated heterocycles.